The Hall–Kier alpha value is -2.04. The SMILES string of the molecule is CCCN(CC(=O)O)C(=O)COc1cccc(C(C)C)c1. The lowest BCUT2D eigenvalue weighted by Gasteiger charge is -2.20. The molecular formula is C16H23NO4. The van der Waals surface area contributed by atoms with Gasteiger partial charge < -0.3 is 14.7 Å². The summed E-state index contributed by atoms with van der Waals surface area (Å²) in [5, 5.41) is 8.81. The molecule has 0 aromatic heterocycles. The van der Waals surface area contributed by atoms with Gasteiger partial charge in [-0.25, -0.2) is 0 Å². The zero-order valence-corrected chi connectivity index (χ0v) is 12.8. The summed E-state index contributed by atoms with van der Waals surface area (Å²) in [5.74, 6) is -0.318. The van der Waals surface area contributed by atoms with E-state index in [1.807, 2.05) is 25.1 Å². The van der Waals surface area contributed by atoms with E-state index in [0.29, 0.717) is 24.6 Å². The largest absolute Gasteiger partial charge is 0.484 e. The van der Waals surface area contributed by atoms with E-state index < -0.39 is 5.97 Å². The van der Waals surface area contributed by atoms with Gasteiger partial charge in [0.1, 0.15) is 12.3 Å². The average Bonchev–Trinajstić information content (AvgIpc) is 2.44. The summed E-state index contributed by atoms with van der Waals surface area (Å²) in [7, 11) is 0. The van der Waals surface area contributed by atoms with Crippen molar-refractivity contribution in [1.29, 1.82) is 0 Å². The molecule has 0 atom stereocenters. The smallest absolute Gasteiger partial charge is 0.323 e. The normalized spacial score (nSPS) is 10.5. The summed E-state index contributed by atoms with van der Waals surface area (Å²) < 4.78 is 5.48. The van der Waals surface area contributed by atoms with Crippen LogP contribution < -0.4 is 4.74 Å². The van der Waals surface area contributed by atoms with Crippen molar-refractivity contribution in [2.24, 2.45) is 0 Å². The molecule has 0 spiro atoms. The second kappa shape index (κ2) is 8.29. The van der Waals surface area contributed by atoms with Crippen molar-refractivity contribution in [1.82, 2.24) is 4.90 Å². The second-order valence-electron chi connectivity index (χ2n) is 5.22. The molecule has 0 aliphatic rings. The minimum atomic E-state index is -1.02. The molecule has 0 aliphatic carbocycles. The van der Waals surface area contributed by atoms with Crippen LogP contribution in [0.1, 0.15) is 38.7 Å². The monoisotopic (exact) mass is 293 g/mol. The maximum atomic E-state index is 12.0. The van der Waals surface area contributed by atoms with Gasteiger partial charge in [0.25, 0.3) is 5.91 Å². The number of hydrogen-bond acceptors (Lipinski definition) is 3. The van der Waals surface area contributed by atoms with Gasteiger partial charge in [-0.2, -0.15) is 0 Å². The number of carbonyl (C=O) groups is 2. The molecule has 1 aromatic rings. The van der Waals surface area contributed by atoms with Crippen molar-refractivity contribution in [3.8, 4) is 5.75 Å². The van der Waals surface area contributed by atoms with Gasteiger partial charge in [-0.15, -0.1) is 0 Å². The third-order valence-electron chi connectivity index (χ3n) is 3.06. The molecule has 0 saturated carbocycles. The van der Waals surface area contributed by atoms with Gasteiger partial charge in [0.05, 0.1) is 0 Å². The third kappa shape index (κ3) is 5.85. The first-order valence-electron chi connectivity index (χ1n) is 7.16. The molecule has 21 heavy (non-hydrogen) atoms. The molecule has 1 amide bonds. The van der Waals surface area contributed by atoms with Gasteiger partial charge in [0, 0.05) is 6.54 Å². The molecule has 1 N–H and O–H groups in total. The van der Waals surface area contributed by atoms with Gasteiger partial charge in [0.15, 0.2) is 6.61 Å². The number of benzene rings is 1. The first kappa shape index (κ1) is 17.0. The molecule has 0 unspecified atom stereocenters. The van der Waals surface area contributed by atoms with Gasteiger partial charge in [0.2, 0.25) is 0 Å². The number of carboxylic acid groups (broad SMARTS) is 1. The zero-order valence-electron chi connectivity index (χ0n) is 12.8. The van der Waals surface area contributed by atoms with Crippen LogP contribution in [0.4, 0.5) is 0 Å². The number of nitrogens with zero attached hydrogens (tertiary/aromatic N) is 1. The van der Waals surface area contributed by atoms with E-state index in [0.717, 1.165) is 5.56 Å². The summed E-state index contributed by atoms with van der Waals surface area (Å²) >= 11 is 0. The van der Waals surface area contributed by atoms with Crippen molar-refractivity contribution in [2.45, 2.75) is 33.1 Å². The van der Waals surface area contributed by atoms with Crippen molar-refractivity contribution >= 4 is 11.9 Å². The van der Waals surface area contributed by atoms with E-state index in [-0.39, 0.29) is 19.1 Å². The molecule has 5 nitrogen and oxygen atoms in total. The molecule has 5 heteroatoms. The van der Waals surface area contributed by atoms with Crippen LogP contribution in [-0.4, -0.2) is 41.6 Å². The van der Waals surface area contributed by atoms with Crippen LogP contribution >= 0.6 is 0 Å². The highest BCUT2D eigenvalue weighted by molar-refractivity contribution is 5.82. The van der Waals surface area contributed by atoms with Gasteiger partial charge in [-0.3, -0.25) is 9.59 Å². The van der Waals surface area contributed by atoms with E-state index in [1.165, 1.54) is 4.90 Å². The number of carboxylic acids is 1. The maximum Gasteiger partial charge on any atom is 0.323 e. The van der Waals surface area contributed by atoms with Gasteiger partial charge in [-0.1, -0.05) is 32.9 Å². The van der Waals surface area contributed by atoms with Crippen LogP contribution in [0.3, 0.4) is 0 Å². The Bertz CT molecular complexity index is 485. The molecular weight excluding hydrogens is 270 g/mol. The number of rotatable bonds is 8. The predicted molar refractivity (Wildman–Crippen MR) is 80.5 cm³/mol. The zero-order chi connectivity index (χ0) is 15.8. The lowest BCUT2D eigenvalue weighted by Crippen LogP contribution is -2.39. The fourth-order valence-electron chi connectivity index (χ4n) is 1.92. The van der Waals surface area contributed by atoms with Crippen LogP contribution in [0, 0.1) is 0 Å². The van der Waals surface area contributed by atoms with E-state index in [1.54, 1.807) is 6.07 Å². The number of carbonyl (C=O) groups excluding carboxylic acids is 1. The lowest BCUT2D eigenvalue weighted by atomic mass is 10.0. The number of aliphatic carboxylic acids is 1. The molecule has 0 heterocycles. The van der Waals surface area contributed by atoms with Crippen molar-refractivity contribution in [2.75, 3.05) is 19.7 Å². The van der Waals surface area contributed by atoms with E-state index >= 15 is 0 Å². The van der Waals surface area contributed by atoms with Crippen molar-refractivity contribution in [3.05, 3.63) is 29.8 Å². The van der Waals surface area contributed by atoms with Crippen LogP contribution in [-0.2, 0) is 9.59 Å². The Labute approximate surface area is 125 Å². The van der Waals surface area contributed by atoms with Crippen LogP contribution in [0.5, 0.6) is 5.75 Å². The van der Waals surface area contributed by atoms with E-state index in [4.69, 9.17) is 9.84 Å². The highest BCUT2D eigenvalue weighted by atomic mass is 16.5. The van der Waals surface area contributed by atoms with Gasteiger partial charge in [-0.05, 0) is 30.0 Å². The Balaban J connectivity index is 2.61. The highest BCUT2D eigenvalue weighted by Crippen LogP contribution is 2.20. The Kier molecular flexibility index (Phi) is 6.72. The average molecular weight is 293 g/mol. The van der Waals surface area contributed by atoms with Gasteiger partial charge >= 0.3 is 5.97 Å². The van der Waals surface area contributed by atoms with Crippen molar-refractivity contribution in [3.63, 3.8) is 0 Å². The fourth-order valence-corrected chi connectivity index (χ4v) is 1.92. The third-order valence-corrected chi connectivity index (χ3v) is 3.06. The van der Waals surface area contributed by atoms with Crippen LogP contribution in [0.2, 0.25) is 0 Å². The quantitative estimate of drug-likeness (QED) is 0.799. The Morgan fingerprint density at radius 3 is 2.62 bits per heavy atom. The second-order valence-corrected chi connectivity index (χ2v) is 5.22. The minimum absolute atomic E-state index is 0.144. The number of hydrogen-bond donors (Lipinski definition) is 1. The van der Waals surface area contributed by atoms with E-state index in [9.17, 15) is 9.59 Å². The summed E-state index contributed by atoms with van der Waals surface area (Å²) in [6, 6.07) is 7.59. The standard InChI is InChI=1S/C16H23NO4/c1-4-8-17(10-16(19)20)15(18)11-21-14-7-5-6-13(9-14)12(2)3/h5-7,9,12H,4,8,10-11H2,1-3H3,(H,19,20). The minimum Gasteiger partial charge on any atom is -0.484 e. The first-order valence-corrected chi connectivity index (χ1v) is 7.16. The molecule has 1 aromatic carbocycles. The Morgan fingerprint density at radius 1 is 1.33 bits per heavy atom. The summed E-state index contributed by atoms with van der Waals surface area (Å²) in [6.07, 6.45) is 0.710. The number of amides is 1. The van der Waals surface area contributed by atoms with E-state index in [2.05, 4.69) is 13.8 Å². The fraction of sp³-hybridized carbons (Fsp3) is 0.500. The Morgan fingerprint density at radius 2 is 2.05 bits per heavy atom. The first-order chi connectivity index (χ1) is 9.93. The summed E-state index contributed by atoms with van der Waals surface area (Å²) in [5.41, 5.74) is 1.14. The predicted octanol–water partition coefficient (Wildman–Crippen LogP) is 2.51. The van der Waals surface area contributed by atoms with Crippen LogP contribution in [0.15, 0.2) is 24.3 Å². The summed E-state index contributed by atoms with van der Waals surface area (Å²) in [4.78, 5) is 24.0. The molecule has 116 valence electrons. The lowest BCUT2D eigenvalue weighted by molar-refractivity contribution is -0.145. The molecule has 0 radical (unpaired) electrons. The maximum absolute atomic E-state index is 12.0. The molecule has 0 saturated heterocycles. The van der Waals surface area contributed by atoms with Crippen LogP contribution in [0.25, 0.3) is 0 Å². The molecule has 0 aliphatic heterocycles. The molecule has 0 fully saturated rings. The number of ether oxygens (including phenoxy) is 1. The molecule has 1 rings (SSSR count). The molecule has 0 bridgehead atoms. The topological polar surface area (TPSA) is 66.8 Å². The van der Waals surface area contributed by atoms with Crippen molar-refractivity contribution < 1.29 is 19.4 Å². The summed E-state index contributed by atoms with van der Waals surface area (Å²) in [6.45, 7) is 6.05. The highest BCUT2D eigenvalue weighted by Gasteiger charge is 2.16.